The first kappa shape index (κ1) is 15.6. The summed E-state index contributed by atoms with van der Waals surface area (Å²) >= 11 is 0. The maximum atomic E-state index is 10.7. The predicted octanol–water partition coefficient (Wildman–Crippen LogP) is 1.47. The van der Waals surface area contributed by atoms with Crippen LogP contribution in [0.25, 0.3) is 0 Å². The zero-order valence-electron chi connectivity index (χ0n) is 12.8. The van der Waals surface area contributed by atoms with Crippen LogP contribution < -0.4 is 15.4 Å². The zero-order chi connectivity index (χ0) is 15.1. The summed E-state index contributed by atoms with van der Waals surface area (Å²) in [6.45, 7) is 5.24. The molecule has 1 aromatic rings. The fraction of sp³-hybridized carbons (Fsp3) is 0.562. The van der Waals surface area contributed by atoms with Crippen LogP contribution in [0.5, 0.6) is 5.75 Å². The SMILES string of the molecule is COc1cccc(N2CCN(CCCCC(N)=O)CC2)c1. The van der Waals surface area contributed by atoms with Crippen molar-refractivity contribution in [3.05, 3.63) is 24.3 Å². The van der Waals surface area contributed by atoms with Gasteiger partial charge in [0.1, 0.15) is 5.75 Å². The Morgan fingerprint density at radius 1 is 1.24 bits per heavy atom. The third kappa shape index (κ3) is 4.93. The Morgan fingerprint density at radius 2 is 2.00 bits per heavy atom. The lowest BCUT2D eigenvalue weighted by atomic mass is 10.2. The Bertz CT molecular complexity index is 457. The second-order valence-electron chi connectivity index (χ2n) is 5.45. The van der Waals surface area contributed by atoms with E-state index in [1.54, 1.807) is 7.11 Å². The number of methoxy groups -OCH3 is 1. The molecular weight excluding hydrogens is 266 g/mol. The molecule has 1 fully saturated rings. The summed E-state index contributed by atoms with van der Waals surface area (Å²) < 4.78 is 5.28. The van der Waals surface area contributed by atoms with Crippen LogP contribution in [0.15, 0.2) is 24.3 Å². The minimum absolute atomic E-state index is 0.196. The van der Waals surface area contributed by atoms with E-state index >= 15 is 0 Å². The second-order valence-corrected chi connectivity index (χ2v) is 5.45. The molecule has 0 unspecified atom stereocenters. The summed E-state index contributed by atoms with van der Waals surface area (Å²) in [5.74, 6) is 0.708. The number of piperazine rings is 1. The molecule has 116 valence electrons. The smallest absolute Gasteiger partial charge is 0.217 e. The second kappa shape index (κ2) is 7.88. The average molecular weight is 291 g/mol. The molecule has 1 aromatic carbocycles. The summed E-state index contributed by atoms with van der Waals surface area (Å²) in [7, 11) is 1.70. The topological polar surface area (TPSA) is 58.8 Å². The standard InChI is InChI=1S/C16H25N3O2/c1-21-15-6-4-5-14(13-15)19-11-9-18(10-12-19)8-3-2-7-16(17)20/h4-6,13H,2-3,7-12H2,1H3,(H2,17,20). The van der Waals surface area contributed by atoms with Crippen molar-refractivity contribution in [2.24, 2.45) is 5.73 Å². The van der Waals surface area contributed by atoms with Crippen LogP contribution in [0.1, 0.15) is 19.3 Å². The molecule has 1 amide bonds. The van der Waals surface area contributed by atoms with Crippen molar-refractivity contribution >= 4 is 11.6 Å². The molecule has 0 atom stereocenters. The van der Waals surface area contributed by atoms with Gasteiger partial charge in [-0.15, -0.1) is 0 Å². The Kier molecular flexibility index (Phi) is 5.87. The molecule has 2 N–H and O–H groups in total. The van der Waals surface area contributed by atoms with E-state index in [-0.39, 0.29) is 5.91 Å². The maximum absolute atomic E-state index is 10.7. The molecule has 0 aliphatic carbocycles. The molecule has 21 heavy (non-hydrogen) atoms. The van der Waals surface area contributed by atoms with Crippen LogP contribution in [0.2, 0.25) is 0 Å². The number of nitrogens with zero attached hydrogens (tertiary/aromatic N) is 2. The quantitative estimate of drug-likeness (QED) is 0.773. The van der Waals surface area contributed by atoms with Crippen molar-refractivity contribution < 1.29 is 9.53 Å². The third-order valence-electron chi connectivity index (χ3n) is 3.94. The van der Waals surface area contributed by atoms with Crippen LogP contribution in [-0.2, 0) is 4.79 Å². The lowest BCUT2D eigenvalue weighted by Gasteiger charge is -2.36. The van der Waals surface area contributed by atoms with Crippen molar-refractivity contribution in [2.45, 2.75) is 19.3 Å². The maximum Gasteiger partial charge on any atom is 0.217 e. The highest BCUT2D eigenvalue weighted by Crippen LogP contribution is 2.22. The summed E-state index contributed by atoms with van der Waals surface area (Å²) in [4.78, 5) is 15.5. The summed E-state index contributed by atoms with van der Waals surface area (Å²) in [5.41, 5.74) is 6.37. The number of carbonyl (C=O) groups is 1. The van der Waals surface area contributed by atoms with Gasteiger partial charge in [0.2, 0.25) is 5.91 Å². The molecule has 1 heterocycles. The van der Waals surface area contributed by atoms with E-state index in [1.807, 2.05) is 12.1 Å². The number of anilines is 1. The number of carbonyl (C=O) groups excluding carboxylic acids is 1. The summed E-state index contributed by atoms with van der Waals surface area (Å²) in [5, 5.41) is 0. The third-order valence-corrected chi connectivity index (χ3v) is 3.94. The van der Waals surface area contributed by atoms with Gasteiger partial charge in [-0.2, -0.15) is 0 Å². The van der Waals surface area contributed by atoms with Crippen LogP contribution in [-0.4, -0.2) is 50.6 Å². The van der Waals surface area contributed by atoms with Crippen LogP contribution in [0, 0.1) is 0 Å². The molecule has 0 radical (unpaired) electrons. The van der Waals surface area contributed by atoms with E-state index in [1.165, 1.54) is 5.69 Å². The highest BCUT2D eigenvalue weighted by Gasteiger charge is 2.17. The van der Waals surface area contributed by atoms with E-state index in [4.69, 9.17) is 10.5 Å². The Balaban J connectivity index is 1.73. The first-order chi connectivity index (χ1) is 10.2. The number of nitrogens with two attached hydrogens (primary N) is 1. The lowest BCUT2D eigenvalue weighted by Crippen LogP contribution is -2.46. The highest BCUT2D eigenvalue weighted by atomic mass is 16.5. The molecule has 5 nitrogen and oxygen atoms in total. The van der Waals surface area contributed by atoms with Crippen LogP contribution >= 0.6 is 0 Å². The van der Waals surface area contributed by atoms with Gasteiger partial charge in [0, 0.05) is 44.4 Å². The van der Waals surface area contributed by atoms with Gasteiger partial charge in [0.05, 0.1) is 7.11 Å². The number of hydrogen-bond donors (Lipinski definition) is 1. The number of unbranched alkanes of at least 4 members (excludes halogenated alkanes) is 1. The van der Waals surface area contributed by atoms with Gasteiger partial charge in [0.15, 0.2) is 0 Å². The minimum Gasteiger partial charge on any atom is -0.497 e. The summed E-state index contributed by atoms with van der Waals surface area (Å²) in [6, 6.07) is 8.22. The molecule has 0 bridgehead atoms. The Hall–Kier alpha value is -1.75. The fourth-order valence-electron chi connectivity index (χ4n) is 2.67. The predicted molar refractivity (Wildman–Crippen MR) is 84.7 cm³/mol. The van der Waals surface area contributed by atoms with Crippen molar-refractivity contribution in [2.75, 3.05) is 44.7 Å². The molecule has 0 spiro atoms. The number of hydrogen-bond acceptors (Lipinski definition) is 4. The van der Waals surface area contributed by atoms with E-state index in [0.29, 0.717) is 6.42 Å². The van der Waals surface area contributed by atoms with Gasteiger partial charge < -0.3 is 15.4 Å². The lowest BCUT2D eigenvalue weighted by molar-refractivity contribution is -0.118. The first-order valence-electron chi connectivity index (χ1n) is 7.58. The largest absolute Gasteiger partial charge is 0.497 e. The Labute approximate surface area is 126 Å². The molecular formula is C16H25N3O2. The van der Waals surface area contributed by atoms with Gasteiger partial charge in [-0.3, -0.25) is 9.69 Å². The molecule has 1 aliphatic heterocycles. The van der Waals surface area contributed by atoms with Gasteiger partial charge in [0.25, 0.3) is 0 Å². The summed E-state index contributed by atoms with van der Waals surface area (Å²) in [6.07, 6.45) is 2.44. The minimum atomic E-state index is -0.196. The van der Waals surface area contributed by atoms with Crippen LogP contribution in [0.4, 0.5) is 5.69 Å². The van der Waals surface area contributed by atoms with Crippen molar-refractivity contribution in [1.29, 1.82) is 0 Å². The molecule has 5 heteroatoms. The van der Waals surface area contributed by atoms with Crippen molar-refractivity contribution in [3.8, 4) is 5.75 Å². The van der Waals surface area contributed by atoms with Gasteiger partial charge >= 0.3 is 0 Å². The monoisotopic (exact) mass is 291 g/mol. The number of benzene rings is 1. The highest BCUT2D eigenvalue weighted by molar-refractivity contribution is 5.73. The van der Waals surface area contributed by atoms with Crippen molar-refractivity contribution in [3.63, 3.8) is 0 Å². The first-order valence-corrected chi connectivity index (χ1v) is 7.58. The number of amides is 1. The molecule has 0 saturated carbocycles. The van der Waals surface area contributed by atoms with E-state index in [9.17, 15) is 4.79 Å². The van der Waals surface area contributed by atoms with Crippen LogP contribution in [0.3, 0.4) is 0 Å². The van der Waals surface area contributed by atoms with E-state index in [0.717, 1.165) is 51.3 Å². The Morgan fingerprint density at radius 3 is 2.67 bits per heavy atom. The molecule has 1 aliphatic rings. The number of ether oxygens (including phenoxy) is 1. The van der Waals surface area contributed by atoms with E-state index < -0.39 is 0 Å². The fourth-order valence-corrected chi connectivity index (χ4v) is 2.67. The van der Waals surface area contributed by atoms with Gasteiger partial charge in [-0.1, -0.05) is 6.07 Å². The average Bonchev–Trinajstić information content (AvgIpc) is 2.52. The molecule has 2 rings (SSSR count). The molecule has 0 aromatic heterocycles. The van der Waals surface area contributed by atoms with Crippen molar-refractivity contribution in [1.82, 2.24) is 4.90 Å². The molecule has 1 saturated heterocycles. The van der Waals surface area contributed by atoms with E-state index in [2.05, 4.69) is 21.9 Å². The zero-order valence-corrected chi connectivity index (χ0v) is 12.8. The number of primary amides is 1. The van der Waals surface area contributed by atoms with Gasteiger partial charge in [-0.05, 0) is 31.5 Å². The number of rotatable bonds is 7. The normalized spacial score (nSPS) is 16.0. The van der Waals surface area contributed by atoms with Gasteiger partial charge in [-0.25, -0.2) is 0 Å².